The highest BCUT2D eigenvalue weighted by Gasteiger charge is 2.08. The molecule has 0 fully saturated rings. The number of hydrogen-bond donors (Lipinski definition) is 0. The number of halogens is 1. The van der Waals surface area contributed by atoms with Gasteiger partial charge in [-0.3, -0.25) is 4.98 Å². The van der Waals surface area contributed by atoms with Crippen molar-refractivity contribution in [1.82, 2.24) is 4.98 Å². The molecule has 0 aliphatic rings. The number of nitrogens with zero attached hydrogens (tertiary/aromatic N) is 1. The lowest BCUT2D eigenvalue weighted by atomic mass is 10.1. The van der Waals surface area contributed by atoms with Crippen LogP contribution in [0.2, 0.25) is 0 Å². The number of para-hydroxylation sites is 1. The molecule has 0 radical (unpaired) electrons. The Morgan fingerprint density at radius 2 is 1.79 bits per heavy atom. The fourth-order valence-electron chi connectivity index (χ4n) is 2.56. The maximum absolute atomic E-state index is 13.8. The fourth-order valence-corrected chi connectivity index (χ4v) is 2.56. The summed E-state index contributed by atoms with van der Waals surface area (Å²) < 4.78 is 30.1. The van der Waals surface area contributed by atoms with Crippen LogP contribution in [0.1, 0.15) is 5.56 Å². The Balaban J connectivity index is 1.72. The van der Waals surface area contributed by atoms with Gasteiger partial charge in [-0.15, -0.1) is 0 Å². The van der Waals surface area contributed by atoms with Crippen molar-refractivity contribution in [3.05, 3.63) is 60.0 Å². The largest absolute Gasteiger partial charge is 0.493 e. The van der Waals surface area contributed by atoms with Crippen LogP contribution < -0.4 is 14.2 Å². The summed E-state index contributed by atoms with van der Waals surface area (Å²) >= 11 is 0. The first kappa shape index (κ1) is 16.1. The van der Waals surface area contributed by atoms with E-state index in [0.29, 0.717) is 41.2 Å². The van der Waals surface area contributed by atoms with E-state index in [4.69, 9.17) is 14.2 Å². The molecule has 0 aliphatic heterocycles. The fraction of sp³-hybridized carbons (Fsp3) is 0.211. The van der Waals surface area contributed by atoms with Crippen LogP contribution in [0.15, 0.2) is 48.7 Å². The molecule has 3 rings (SSSR count). The third-order valence-electron chi connectivity index (χ3n) is 3.78. The van der Waals surface area contributed by atoms with E-state index in [1.165, 1.54) is 6.07 Å². The quantitative estimate of drug-likeness (QED) is 0.686. The Morgan fingerprint density at radius 3 is 2.58 bits per heavy atom. The highest BCUT2D eigenvalue weighted by Crippen LogP contribution is 2.28. The molecule has 0 saturated carbocycles. The molecular weight excluding hydrogens is 309 g/mol. The smallest absolute Gasteiger partial charge is 0.160 e. The molecular formula is C19H18FNO3. The summed E-state index contributed by atoms with van der Waals surface area (Å²) in [6.45, 7) is 0.463. The van der Waals surface area contributed by atoms with Gasteiger partial charge < -0.3 is 14.2 Å². The standard InChI is InChI=1S/C19H18FNO3/c1-22-17-7-6-13(12-18(17)23-2)9-11-24-16-8-10-21-19-14(16)4-3-5-15(19)20/h3-8,10,12H,9,11H2,1-2H3. The highest BCUT2D eigenvalue weighted by atomic mass is 19.1. The second-order valence-corrected chi connectivity index (χ2v) is 5.23. The summed E-state index contributed by atoms with van der Waals surface area (Å²) in [7, 11) is 3.21. The first-order valence-electron chi connectivity index (χ1n) is 7.60. The van der Waals surface area contributed by atoms with E-state index >= 15 is 0 Å². The zero-order chi connectivity index (χ0) is 16.9. The molecule has 0 saturated heterocycles. The molecule has 0 atom stereocenters. The van der Waals surface area contributed by atoms with Crippen molar-refractivity contribution in [2.75, 3.05) is 20.8 Å². The van der Waals surface area contributed by atoms with Gasteiger partial charge in [-0.05, 0) is 35.9 Å². The number of ether oxygens (including phenoxy) is 3. The monoisotopic (exact) mass is 327 g/mol. The number of fused-ring (bicyclic) bond motifs is 1. The van der Waals surface area contributed by atoms with Gasteiger partial charge in [-0.25, -0.2) is 4.39 Å². The molecule has 5 heteroatoms. The van der Waals surface area contributed by atoms with Crippen LogP contribution in [0.4, 0.5) is 4.39 Å². The van der Waals surface area contributed by atoms with Crippen LogP contribution in [0.25, 0.3) is 10.9 Å². The molecule has 0 aliphatic carbocycles. The third kappa shape index (κ3) is 3.25. The normalized spacial score (nSPS) is 10.6. The van der Waals surface area contributed by atoms with Crippen molar-refractivity contribution in [1.29, 1.82) is 0 Å². The summed E-state index contributed by atoms with van der Waals surface area (Å²) in [5.41, 5.74) is 1.39. The van der Waals surface area contributed by atoms with Crippen molar-refractivity contribution in [3.8, 4) is 17.2 Å². The molecule has 24 heavy (non-hydrogen) atoms. The van der Waals surface area contributed by atoms with Crippen LogP contribution >= 0.6 is 0 Å². The average molecular weight is 327 g/mol. The summed E-state index contributed by atoms with van der Waals surface area (Å²) in [6.07, 6.45) is 2.25. The highest BCUT2D eigenvalue weighted by molar-refractivity contribution is 5.85. The lowest BCUT2D eigenvalue weighted by Gasteiger charge is -2.11. The van der Waals surface area contributed by atoms with Gasteiger partial charge in [0.05, 0.1) is 20.8 Å². The van der Waals surface area contributed by atoms with Crippen molar-refractivity contribution in [2.24, 2.45) is 0 Å². The van der Waals surface area contributed by atoms with Crippen LogP contribution in [0.3, 0.4) is 0 Å². The molecule has 0 unspecified atom stereocenters. The van der Waals surface area contributed by atoms with Crippen molar-refractivity contribution >= 4 is 10.9 Å². The molecule has 3 aromatic rings. The Morgan fingerprint density at radius 1 is 0.958 bits per heavy atom. The van der Waals surface area contributed by atoms with E-state index in [0.717, 1.165) is 5.56 Å². The van der Waals surface area contributed by atoms with Gasteiger partial charge >= 0.3 is 0 Å². The molecule has 4 nitrogen and oxygen atoms in total. The summed E-state index contributed by atoms with van der Waals surface area (Å²) in [5.74, 6) is 1.65. The second kappa shape index (κ2) is 7.17. The van der Waals surface area contributed by atoms with Gasteiger partial charge in [0, 0.05) is 18.0 Å². The van der Waals surface area contributed by atoms with E-state index in [-0.39, 0.29) is 5.82 Å². The van der Waals surface area contributed by atoms with Crippen LogP contribution in [-0.4, -0.2) is 25.8 Å². The van der Waals surface area contributed by atoms with Crippen LogP contribution in [0, 0.1) is 5.82 Å². The Labute approximate surface area is 139 Å². The lowest BCUT2D eigenvalue weighted by Crippen LogP contribution is -2.03. The average Bonchev–Trinajstić information content (AvgIpc) is 2.62. The van der Waals surface area contributed by atoms with E-state index in [9.17, 15) is 4.39 Å². The topological polar surface area (TPSA) is 40.6 Å². The minimum absolute atomic E-state index is 0.320. The lowest BCUT2D eigenvalue weighted by molar-refractivity contribution is 0.324. The third-order valence-corrected chi connectivity index (χ3v) is 3.78. The van der Waals surface area contributed by atoms with Gasteiger partial charge in [-0.1, -0.05) is 12.1 Å². The van der Waals surface area contributed by atoms with Gasteiger partial charge in [0.2, 0.25) is 0 Å². The summed E-state index contributed by atoms with van der Waals surface area (Å²) in [4.78, 5) is 4.06. The first-order chi connectivity index (χ1) is 11.7. The van der Waals surface area contributed by atoms with Crippen molar-refractivity contribution < 1.29 is 18.6 Å². The summed E-state index contributed by atoms with van der Waals surface area (Å²) in [5, 5.41) is 0.671. The predicted molar refractivity (Wildman–Crippen MR) is 90.4 cm³/mol. The molecule has 0 spiro atoms. The van der Waals surface area contributed by atoms with E-state index in [1.807, 2.05) is 18.2 Å². The first-order valence-corrected chi connectivity index (χ1v) is 7.60. The van der Waals surface area contributed by atoms with Crippen molar-refractivity contribution in [3.63, 3.8) is 0 Å². The van der Waals surface area contributed by atoms with E-state index in [1.54, 1.807) is 38.6 Å². The number of benzene rings is 2. The number of aromatic nitrogens is 1. The second-order valence-electron chi connectivity index (χ2n) is 5.23. The molecule has 0 N–H and O–H groups in total. The minimum atomic E-state index is -0.349. The Hall–Kier alpha value is -2.82. The van der Waals surface area contributed by atoms with Gasteiger partial charge in [0.25, 0.3) is 0 Å². The molecule has 0 bridgehead atoms. The molecule has 0 amide bonds. The number of methoxy groups -OCH3 is 2. The molecule has 124 valence electrons. The summed E-state index contributed by atoms with van der Waals surface area (Å²) in [6, 6.07) is 12.4. The maximum atomic E-state index is 13.8. The zero-order valence-corrected chi connectivity index (χ0v) is 13.6. The van der Waals surface area contributed by atoms with E-state index in [2.05, 4.69) is 4.98 Å². The number of hydrogen-bond acceptors (Lipinski definition) is 4. The van der Waals surface area contributed by atoms with Gasteiger partial charge in [0.15, 0.2) is 11.5 Å². The van der Waals surface area contributed by atoms with Crippen LogP contribution in [0.5, 0.6) is 17.2 Å². The van der Waals surface area contributed by atoms with Gasteiger partial charge in [-0.2, -0.15) is 0 Å². The number of rotatable bonds is 6. The van der Waals surface area contributed by atoms with Crippen molar-refractivity contribution in [2.45, 2.75) is 6.42 Å². The Kier molecular flexibility index (Phi) is 4.79. The van der Waals surface area contributed by atoms with E-state index < -0.39 is 0 Å². The number of pyridine rings is 1. The minimum Gasteiger partial charge on any atom is -0.493 e. The predicted octanol–water partition coefficient (Wildman–Crippen LogP) is 4.01. The Bertz CT molecular complexity index is 851. The SMILES string of the molecule is COc1ccc(CCOc2ccnc3c(F)cccc23)cc1OC. The molecule has 2 aromatic carbocycles. The molecule has 1 aromatic heterocycles. The molecule has 1 heterocycles. The van der Waals surface area contributed by atoms with Gasteiger partial charge in [0.1, 0.15) is 17.1 Å². The van der Waals surface area contributed by atoms with Crippen LogP contribution in [-0.2, 0) is 6.42 Å². The maximum Gasteiger partial charge on any atom is 0.160 e. The zero-order valence-electron chi connectivity index (χ0n) is 13.6.